The lowest BCUT2D eigenvalue weighted by Gasteiger charge is -2.38. The summed E-state index contributed by atoms with van der Waals surface area (Å²) in [6, 6.07) is 13.3. The fourth-order valence-corrected chi connectivity index (χ4v) is 4.86. The van der Waals surface area contributed by atoms with Crippen molar-refractivity contribution < 1.29 is 14.3 Å². The van der Waals surface area contributed by atoms with E-state index in [0.29, 0.717) is 35.3 Å². The molecule has 1 aromatic heterocycles. The van der Waals surface area contributed by atoms with Crippen LogP contribution in [0.25, 0.3) is 11.4 Å². The van der Waals surface area contributed by atoms with Gasteiger partial charge >= 0.3 is 0 Å². The van der Waals surface area contributed by atoms with Crippen LogP contribution < -0.4 is 14.8 Å². The number of anilines is 1. The van der Waals surface area contributed by atoms with Crippen molar-refractivity contribution in [1.82, 2.24) is 14.8 Å². The molecule has 2 heterocycles. The zero-order valence-electron chi connectivity index (χ0n) is 19.6. The number of ketones is 1. The van der Waals surface area contributed by atoms with Gasteiger partial charge in [-0.1, -0.05) is 37.6 Å². The van der Waals surface area contributed by atoms with Gasteiger partial charge in [0.05, 0.1) is 14.2 Å². The van der Waals surface area contributed by atoms with Crippen LogP contribution in [0.5, 0.6) is 11.5 Å². The summed E-state index contributed by atoms with van der Waals surface area (Å²) in [5.41, 5.74) is 4.37. The molecule has 0 unspecified atom stereocenters. The van der Waals surface area contributed by atoms with E-state index in [1.165, 1.54) is 0 Å². The normalized spacial score (nSPS) is 18.9. The van der Waals surface area contributed by atoms with Crippen LogP contribution in [-0.2, 0) is 4.79 Å². The van der Waals surface area contributed by atoms with Crippen molar-refractivity contribution in [1.29, 1.82) is 0 Å². The number of nitrogens with one attached hydrogen (secondary N) is 1. The molecule has 0 saturated heterocycles. The number of Topliss-reactive ketones (excluding diaryl/α,β-unsaturated/α-hetero) is 1. The standard InChI is InChI=1S/C26H28N4O3/c1-15-7-6-8-16(11-15)24-28-25-27-19-13-26(2,3)14-20(31)22(19)23(30(25)29-24)18-12-17(32-4)9-10-21(18)33-5/h6-12,23H,13-14H2,1-5H3,(H,27,28,29)/t23-/m1/s1. The van der Waals surface area contributed by atoms with Crippen LogP contribution in [0.15, 0.2) is 53.7 Å². The number of benzene rings is 2. The van der Waals surface area contributed by atoms with Crippen molar-refractivity contribution >= 4 is 11.7 Å². The number of ether oxygens (including phenoxy) is 2. The maximum atomic E-state index is 13.5. The molecule has 0 radical (unpaired) electrons. The first kappa shape index (κ1) is 21.2. The molecule has 1 N–H and O–H groups in total. The van der Waals surface area contributed by atoms with Crippen molar-refractivity contribution in [3.8, 4) is 22.9 Å². The Kier molecular flexibility index (Phi) is 5.00. The number of allylic oxidation sites excluding steroid dienone is 2. The van der Waals surface area contributed by atoms with Gasteiger partial charge in [0, 0.05) is 28.8 Å². The highest BCUT2D eigenvalue weighted by atomic mass is 16.5. The number of carbonyl (C=O) groups is 1. The van der Waals surface area contributed by atoms with Gasteiger partial charge in [-0.25, -0.2) is 4.68 Å². The number of fused-ring (bicyclic) bond motifs is 1. The molecule has 0 amide bonds. The lowest BCUT2D eigenvalue weighted by molar-refractivity contribution is -0.118. The summed E-state index contributed by atoms with van der Waals surface area (Å²) in [6.07, 6.45) is 1.23. The molecule has 0 fully saturated rings. The number of carbonyl (C=O) groups excluding carboxylic acids is 1. The number of aromatic nitrogens is 3. The van der Waals surface area contributed by atoms with E-state index >= 15 is 0 Å². The van der Waals surface area contributed by atoms with Crippen molar-refractivity contribution in [2.75, 3.05) is 19.5 Å². The molecule has 33 heavy (non-hydrogen) atoms. The summed E-state index contributed by atoms with van der Waals surface area (Å²) in [5, 5.41) is 8.30. The molecular weight excluding hydrogens is 416 g/mol. The minimum Gasteiger partial charge on any atom is -0.497 e. The van der Waals surface area contributed by atoms with Crippen molar-refractivity contribution in [3.63, 3.8) is 0 Å². The Bertz CT molecular complexity index is 1290. The van der Waals surface area contributed by atoms with Crippen molar-refractivity contribution in [2.24, 2.45) is 5.41 Å². The van der Waals surface area contributed by atoms with Crippen molar-refractivity contribution in [3.05, 3.63) is 64.9 Å². The Labute approximate surface area is 193 Å². The molecule has 0 bridgehead atoms. The second-order valence-electron chi connectivity index (χ2n) is 9.54. The van der Waals surface area contributed by atoms with E-state index < -0.39 is 6.04 Å². The molecule has 2 aromatic carbocycles. The highest BCUT2D eigenvalue weighted by Gasteiger charge is 2.42. The van der Waals surface area contributed by atoms with E-state index in [4.69, 9.17) is 19.6 Å². The molecule has 2 aliphatic rings. The van der Waals surface area contributed by atoms with E-state index in [0.717, 1.165) is 28.8 Å². The number of nitrogens with zero attached hydrogens (tertiary/aromatic N) is 3. The van der Waals surface area contributed by atoms with Crippen LogP contribution >= 0.6 is 0 Å². The number of hydrogen-bond donors (Lipinski definition) is 1. The quantitative estimate of drug-likeness (QED) is 0.615. The summed E-state index contributed by atoms with van der Waals surface area (Å²) >= 11 is 0. The van der Waals surface area contributed by atoms with Crippen molar-refractivity contribution in [2.45, 2.75) is 39.7 Å². The maximum Gasteiger partial charge on any atom is 0.226 e. The number of hydrogen-bond acceptors (Lipinski definition) is 6. The average molecular weight is 445 g/mol. The topological polar surface area (TPSA) is 78.3 Å². The van der Waals surface area contributed by atoms with Gasteiger partial charge in [0.15, 0.2) is 11.6 Å². The molecule has 1 aliphatic carbocycles. The molecule has 1 aliphatic heterocycles. The van der Waals surface area contributed by atoms with E-state index in [1.54, 1.807) is 14.2 Å². The molecule has 7 nitrogen and oxygen atoms in total. The van der Waals surface area contributed by atoms with Gasteiger partial charge in [-0.3, -0.25) is 4.79 Å². The van der Waals surface area contributed by atoms with Gasteiger partial charge in [0.1, 0.15) is 17.5 Å². The smallest absolute Gasteiger partial charge is 0.226 e. The number of rotatable bonds is 4. The number of methoxy groups -OCH3 is 2. The van der Waals surface area contributed by atoms with E-state index in [9.17, 15) is 4.79 Å². The molecule has 170 valence electrons. The van der Waals surface area contributed by atoms with Crippen LogP contribution in [0.2, 0.25) is 0 Å². The zero-order valence-corrected chi connectivity index (χ0v) is 19.6. The maximum absolute atomic E-state index is 13.5. The first-order chi connectivity index (χ1) is 15.8. The predicted molar refractivity (Wildman–Crippen MR) is 127 cm³/mol. The third kappa shape index (κ3) is 3.67. The van der Waals surface area contributed by atoms with E-state index in [1.807, 2.05) is 48.0 Å². The molecule has 0 spiro atoms. The SMILES string of the molecule is COc1ccc(OC)c([C@@H]2C3=C(CC(C)(C)CC3=O)Nc3nc(-c4cccc(C)c4)nn32)c1. The van der Waals surface area contributed by atoms with Gasteiger partial charge in [-0.2, -0.15) is 4.98 Å². The fraction of sp³-hybridized carbons (Fsp3) is 0.346. The average Bonchev–Trinajstić information content (AvgIpc) is 3.20. The Morgan fingerprint density at radius 1 is 1.09 bits per heavy atom. The summed E-state index contributed by atoms with van der Waals surface area (Å²) in [7, 11) is 3.26. The zero-order chi connectivity index (χ0) is 23.3. The highest BCUT2D eigenvalue weighted by Crippen LogP contribution is 2.47. The van der Waals surface area contributed by atoms with Crippen LogP contribution in [0.1, 0.15) is 43.9 Å². The Hall–Kier alpha value is -3.61. The molecule has 7 heteroatoms. The second-order valence-corrected chi connectivity index (χ2v) is 9.54. The third-order valence-electron chi connectivity index (χ3n) is 6.34. The minimum atomic E-state index is -0.462. The lowest BCUT2D eigenvalue weighted by Crippen LogP contribution is -2.36. The first-order valence-electron chi connectivity index (χ1n) is 11.1. The Morgan fingerprint density at radius 2 is 1.91 bits per heavy atom. The summed E-state index contributed by atoms with van der Waals surface area (Å²) in [5.74, 6) is 2.70. The lowest BCUT2D eigenvalue weighted by atomic mass is 9.73. The molecule has 5 rings (SSSR count). The monoisotopic (exact) mass is 444 g/mol. The summed E-state index contributed by atoms with van der Waals surface area (Å²) in [6.45, 7) is 6.28. The number of aryl methyl sites for hydroxylation is 1. The van der Waals surface area contributed by atoms with E-state index in [-0.39, 0.29) is 11.2 Å². The molecule has 1 atom stereocenters. The second kappa shape index (κ2) is 7.76. The largest absolute Gasteiger partial charge is 0.497 e. The molecule has 3 aromatic rings. The third-order valence-corrected chi connectivity index (χ3v) is 6.34. The van der Waals surface area contributed by atoms with Gasteiger partial charge in [-0.15, -0.1) is 5.10 Å². The van der Waals surface area contributed by atoms with Gasteiger partial charge in [-0.05, 0) is 43.0 Å². The Balaban J connectivity index is 1.73. The van der Waals surface area contributed by atoms with Gasteiger partial charge in [0.25, 0.3) is 0 Å². The summed E-state index contributed by atoms with van der Waals surface area (Å²) in [4.78, 5) is 18.3. The van der Waals surface area contributed by atoms with Crippen LogP contribution in [-0.4, -0.2) is 34.8 Å². The molecular formula is C26H28N4O3. The highest BCUT2D eigenvalue weighted by molar-refractivity contribution is 6.00. The van der Waals surface area contributed by atoms with E-state index in [2.05, 4.69) is 25.2 Å². The molecule has 0 saturated carbocycles. The predicted octanol–water partition coefficient (Wildman–Crippen LogP) is 4.93. The van der Waals surface area contributed by atoms with Crippen LogP contribution in [0.3, 0.4) is 0 Å². The van der Waals surface area contributed by atoms with Gasteiger partial charge in [0.2, 0.25) is 5.95 Å². The van der Waals surface area contributed by atoms with Gasteiger partial charge < -0.3 is 14.8 Å². The first-order valence-corrected chi connectivity index (χ1v) is 11.1. The fourth-order valence-electron chi connectivity index (χ4n) is 4.86. The summed E-state index contributed by atoms with van der Waals surface area (Å²) < 4.78 is 13.0. The van der Waals surface area contributed by atoms with Crippen LogP contribution in [0, 0.1) is 12.3 Å². The Morgan fingerprint density at radius 3 is 2.64 bits per heavy atom. The van der Waals surface area contributed by atoms with Crippen LogP contribution in [0.4, 0.5) is 5.95 Å². The minimum absolute atomic E-state index is 0.113.